The van der Waals surface area contributed by atoms with E-state index in [-0.39, 0.29) is 69.3 Å². The van der Waals surface area contributed by atoms with Crippen molar-refractivity contribution in [1.82, 2.24) is 0 Å². The molecular formula is C27H34AcO7. The number of carbonyl (C=O) groups is 2. The molecule has 187 valence electrons. The van der Waals surface area contributed by atoms with Gasteiger partial charge in [0.15, 0.2) is 0 Å². The molecule has 5 unspecified atom stereocenters. The van der Waals surface area contributed by atoms with Crippen molar-refractivity contribution in [2.45, 2.75) is 82.9 Å². The number of aliphatic hydroxyl groups is 3. The van der Waals surface area contributed by atoms with Crippen LogP contribution in [0.5, 0.6) is 0 Å². The first-order chi connectivity index (χ1) is 15.9. The van der Waals surface area contributed by atoms with Gasteiger partial charge in [0.05, 0.1) is 24.4 Å². The minimum absolute atomic E-state index is 0. The van der Waals surface area contributed by atoms with Crippen molar-refractivity contribution < 1.29 is 78.4 Å². The number of fused-ring (bicyclic) bond motifs is 5. The number of hydrogen-bond donors (Lipinski definition) is 3. The summed E-state index contributed by atoms with van der Waals surface area (Å²) in [5.74, 6) is -1.60. The molecule has 1 aliphatic heterocycles. The molecule has 0 spiro atoms. The van der Waals surface area contributed by atoms with Crippen molar-refractivity contribution in [3.8, 4) is 0 Å². The summed E-state index contributed by atoms with van der Waals surface area (Å²) in [7, 11) is 0. The maximum Gasteiger partial charge on any atom is 0.338 e. The van der Waals surface area contributed by atoms with Gasteiger partial charge < -0.3 is 24.8 Å². The minimum atomic E-state index is -1.72. The molecule has 1 saturated heterocycles. The van der Waals surface area contributed by atoms with Crippen LogP contribution in [-0.4, -0.2) is 63.2 Å². The van der Waals surface area contributed by atoms with Crippen LogP contribution in [0.1, 0.15) is 63.7 Å². The Kier molecular flexibility index (Phi) is 7.05. The molecule has 2 saturated carbocycles. The van der Waals surface area contributed by atoms with Crippen molar-refractivity contribution >= 4 is 11.8 Å². The van der Waals surface area contributed by atoms with Gasteiger partial charge in [-0.3, -0.25) is 4.79 Å². The number of ether oxygens (including phenoxy) is 2. The summed E-state index contributed by atoms with van der Waals surface area (Å²) in [5, 5.41) is 35.2. The monoisotopic (exact) mass is 697 g/mol. The van der Waals surface area contributed by atoms with Crippen LogP contribution in [0.4, 0.5) is 0 Å². The predicted octanol–water partition coefficient (Wildman–Crippen LogP) is 2.57. The Morgan fingerprint density at radius 1 is 1.14 bits per heavy atom. The zero-order valence-electron chi connectivity index (χ0n) is 20.8. The molecule has 5 rings (SSSR count). The molecule has 0 amide bonds. The second-order valence-electron chi connectivity index (χ2n) is 11.4. The largest absolute Gasteiger partial charge is 0.455 e. The van der Waals surface area contributed by atoms with Gasteiger partial charge >= 0.3 is 5.97 Å². The average Bonchev–Trinajstić information content (AvgIpc) is 2.78. The van der Waals surface area contributed by atoms with Gasteiger partial charge in [-0.25, -0.2) is 4.79 Å². The number of benzene rings is 1. The fourth-order valence-corrected chi connectivity index (χ4v) is 7.09. The third-order valence-electron chi connectivity index (χ3n) is 9.53. The Balaban J connectivity index is 0.00000289. The number of hydrogen-bond acceptors (Lipinski definition) is 7. The van der Waals surface area contributed by atoms with Gasteiger partial charge in [-0.2, -0.15) is 0 Å². The maximum atomic E-state index is 13.9. The van der Waals surface area contributed by atoms with Gasteiger partial charge in [-0.15, -0.1) is 0 Å². The Labute approximate surface area is 241 Å². The number of carbonyl (C=O) groups excluding carboxylic acids is 2. The third-order valence-corrected chi connectivity index (χ3v) is 9.53. The minimum Gasteiger partial charge on any atom is -0.455 e. The Bertz CT molecular complexity index is 1070. The number of esters is 1. The van der Waals surface area contributed by atoms with E-state index in [4.69, 9.17) is 9.47 Å². The standard InChI is InChI=1S/C27H34O7.Ac/c1-15-17-12-19(29)25(4)11-10-20-26(31,14-33-20)21(25)22(27(32,13-18(15)28)24(17,2)3)34-23(30)16-8-6-5-7-9-16;/h5-9,18,20-22,28,31-32H,10-14H2,1-4H3;/t18?,20?,21?,22?,25-,26-,27?;/m0./s1. The van der Waals surface area contributed by atoms with Crippen LogP contribution in [0.2, 0.25) is 0 Å². The smallest absolute Gasteiger partial charge is 0.338 e. The number of ketones is 1. The SMILES string of the molecule is CC1=C2CC(=O)[C@]3(C)CCC4OC[C@@]4(O)C3C(OC(=O)c3ccccc3)C(O)(CC1O)C2(C)C.[Ac]. The molecule has 4 aliphatic rings. The van der Waals surface area contributed by atoms with Gasteiger partial charge in [-0.1, -0.05) is 44.5 Å². The first-order valence-corrected chi connectivity index (χ1v) is 12.1. The number of rotatable bonds is 2. The Hall–Kier alpha value is -0.618. The van der Waals surface area contributed by atoms with Crippen molar-refractivity contribution in [2.24, 2.45) is 16.7 Å². The van der Waals surface area contributed by atoms with E-state index in [0.29, 0.717) is 29.6 Å². The molecule has 1 aromatic carbocycles. The van der Waals surface area contributed by atoms with Crippen LogP contribution in [-0.2, 0) is 14.3 Å². The summed E-state index contributed by atoms with van der Waals surface area (Å²) >= 11 is 0. The van der Waals surface area contributed by atoms with E-state index in [2.05, 4.69) is 0 Å². The van der Waals surface area contributed by atoms with E-state index in [0.717, 1.165) is 0 Å². The molecule has 3 aliphatic carbocycles. The van der Waals surface area contributed by atoms with Crippen molar-refractivity contribution in [2.75, 3.05) is 6.61 Å². The summed E-state index contributed by atoms with van der Waals surface area (Å²) in [5.41, 5.74) is -3.49. The van der Waals surface area contributed by atoms with Crippen LogP contribution < -0.4 is 0 Å². The molecule has 35 heavy (non-hydrogen) atoms. The van der Waals surface area contributed by atoms with E-state index in [1.54, 1.807) is 37.3 Å². The quantitative estimate of drug-likeness (QED) is 0.322. The summed E-state index contributed by atoms with van der Waals surface area (Å²) in [6.07, 6.45) is -1.75. The molecule has 2 bridgehead atoms. The molecule has 3 N–H and O–H groups in total. The molecule has 7 nitrogen and oxygen atoms in total. The van der Waals surface area contributed by atoms with E-state index in [1.165, 1.54) is 0 Å². The molecule has 1 heterocycles. The summed E-state index contributed by atoms with van der Waals surface area (Å²) in [4.78, 5) is 27.2. The van der Waals surface area contributed by atoms with E-state index in [1.807, 2.05) is 20.8 Å². The second kappa shape index (κ2) is 8.99. The zero-order valence-corrected chi connectivity index (χ0v) is 25.5. The fraction of sp³-hybridized carbons (Fsp3) is 0.630. The Morgan fingerprint density at radius 2 is 1.80 bits per heavy atom. The molecule has 8 heteroatoms. The molecule has 1 aromatic rings. The van der Waals surface area contributed by atoms with Gasteiger partial charge in [0.1, 0.15) is 23.1 Å². The van der Waals surface area contributed by atoms with Gasteiger partial charge in [0.25, 0.3) is 0 Å². The summed E-state index contributed by atoms with van der Waals surface area (Å²) in [6.45, 7) is 7.29. The topological polar surface area (TPSA) is 113 Å². The second-order valence-corrected chi connectivity index (χ2v) is 11.4. The van der Waals surface area contributed by atoms with Crippen molar-refractivity contribution in [1.29, 1.82) is 0 Å². The van der Waals surface area contributed by atoms with Crippen LogP contribution in [0, 0.1) is 60.8 Å². The predicted molar refractivity (Wildman–Crippen MR) is 123 cm³/mol. The van der Waals surface area contributed by atoms with Crippen LogP contribution in [0.3, 0.4) is 0 Å². The van der Waals surface area contributed by atoms with Crippen LogP contribution in [0.25, 0.3) is 0 Å². The normalized spacial score (nSPS) is 41.9. The van der Waals surface area contributed by atoms with Crippen LogP contribution >= 0.6 is 0 Å². The first kappa shape index (κ1) is 27.4. The van der Waals surface area contributed by atoms with Crippen LogP contribution in [0.15, 0.2) is 41.5 Å². The maximum absolute atomic E-state index is 13.9. The summed E-state index contributed by atoms with van der Waals surface area (Å²) < 4.78 is 11.8. The Morgan fingerprint density at radius 3 is 2.40 bits per heavy atom. The molecule has 7 atom stereocenters. The molecular weight excluding hydrogens is 663 g/mol. The van der Waals surface area contributed by atoms with E-state index >= 15 is 0 Å². The molecule has 3 fully saturated rings. The van der Waals surface area contributed by atoms with Crippen molar-refractivity contribution in [3.05, 3.63) is 47.0 Å². The van der Waals surface area contributed by atoms with E-state index in [9.17, 15) is 24.9 Å². The molecule has 1 radical (unpaired) electrons. The zero-order chi connectivity index (χ0) is 24.7. The third kappa shape index (κ3) is 3.77. The number of Topliss-reactive ketones (excluding diaryl/α,β-unsaturated/α-hetero) is 1. The summed E-state index contributed by atoms with van der Waals surface area (Å²) in [6, 6.07) is 8.48. The van der Waals surface area contributed by atoms with Gasteiger partial charge in [0.2, 0.25) is 0 Å². The first-order valence-electron chi connectivity index (χ1n) is 12.1. The van der Waals surface area contributed by atoms with Crippen molar-refractivity contribution in [3.63, 3.8) is 0 Å². The van der Waals surface area contributed by atoms with Gasteiger partial charge in [-0.05, 0) is 37.5 Å². The number of aliphatic hydroxyl groups excluding tert-OH is 1. The average molecular weight is 698 g/mol. The molecule has 0 aromatic heterocycles. The fourth-order valence-electron chi connectivity index (χ4n) is 7.09. The van der Waals surface area contributed by atoms with Gasteiger partial charge in [0, 0.05) is 73.7 Å². The van der Waals surface area contributed by atoms with E-state index < -0.39 is 52.2 Å².